The van der Waals surface area contributed by atoms with Crippen LogP contribution in [0.5, 0.6) is 0 Å². The molecule has 1 fully saturated rings. The lowest BCUT2D eigenvalue weighted by atomic mass is 10.2. The smallest absolute Gasteiger partial charge is 0.414 e. The Morgan fingerprint density at radius 1 is 1.46 bits per heavy atom. The van der Waals surface area contributed by atoms with Crippen LogP contribution in [0.1, 0.15) is 13.8 Å². The van der Waals surface area contributed by atoms with Crippen LogP contribution in [0.15, 0.2) is 23.3 Å². The molecule has 10 nitrogen and oxygen atoms in total. The summed E-state index contributed by atoms with van der Waals surface area (Å²) in [5.41, 5.74) is 2.92. The summed E-state index contributed by atoms with van der Waals surface area (Å²) in [5, 5.41) is 8.91. The number of rotatable bonds is 9. The van der Waals surface area contributed by atoms with E-state index >= 15 is 0 Å². The molecule has 0 aliphatic carbocycles. The Hall–Kier alpha value is -3.37. The van der Waals surface area contributed by atoms with E-state index in [1.54, 1.807) is 13.0 Å². The normalized spacial score (nSPS) is 16.0. The maximum absolute atomic E-state index is 14.3. The van der Waals surface area contributed by atoms with Crippen LogP contribution in [-0.4, -0.2) is 56.7 Å². The molecule has 0 radical (unpaired) electrons. The molecule has 1 saturated heterocycles. The van der Waals surface area contributed by atoms with Gasteiger partial charge in [-0.1, -0.05) is 0 Å². The fourth-order valence-corrected chi connectivity index (χ4v) is 2.35. The monoisotopic (exact) mass is 395 g/mol. The first kappa shape index (κ1) is 20.9. The molecule has 1 heterocycles. The van der Waals surface area contributed by atoms with Crippen LogP contribution in [0.3, 0.4) is 0 Å². The predicted molar refractivity (Wildman–Crippen MR) is 99.4 cm³/mol. The summed E-state index contributed by atoms with van der Waals surface area (Å²) in [6.07, 6.45) is 0.0697. The van der Waals surface area contributed by atoms with Crippen molar-refractivity contribution >= 4 is 35.7 Å². The lowest BCUT2D eigenvalue weighted by Crippen LogP contribution is -2.33. The molecule has 0 saturated carbocycles. The van der Waals surface area contributed by atoms with Gasteiger partial charge in [0.15, 0.2) is 0 Å². The average Bonchev–Trinajstić information content (AvgIpc) is 3.02. The maximum atomic E-state index is 14.3. The van der Waals surface area contributed by atoms with Gasteiger partial charge in [-0.2, -0.15) is 5.10 Å². The first-order valence-corrected chi connectivity index (χ1v) is 8.59. The average molecular weight is 395 g/mol. The topological polar surface area (TPSA) is 121 Å². The van der Waals surface area contributed by atoms with Gasteiger partial charge in [-0.3, -0.25) is 19.9 Å². The van der Waals surface area contributed by atoms with E-state index in [4.69, 9.17) is 9.47 Å². The molecule has 3 N–H and O–H groups in total. The van der Waals surface area contributed by atoms with Gasteiger partial charge in [0.1, 0.15) is 24.8 Å². The summed E-state index contributed by atoms with van der Waals surface area (Å²) in [6, 6.07) is 4.17. The van der Waals surface area contributed by atoms with E-state index in [-0.39, 0.29) is 37.8 Å². The molecule has 0 spiro atoms. The van der Waals surface area contributed by atoms with Crippen LogP contribution >= 0.6 is 0 Å². The van der Waals surface area contributed by atoms with Crippen LogP contribution in [0, 0.1) is 5.82 Å². The molecule has 0 unspecified atom stereocenters. The number of halogens is 1. The van der Waals surface area contributed by atoms with Crippen molar-refractivity contribution in [2.24, 2.45) is 5.10 Å². The third kappa shape index (κ3) is 6.11. The minimum atomic E-state index is -0.611. The first-order valence-electron chi connectivity index (χ1n) is 8.59. The van der Waals surface area contributed by atoms with Gasteiger partial charge in [0.25, 0.3) is 0 Å². The molecular weight excluding hydrogens is 373 g/mol. The highest BCUT2D eigenvalue weighted by Gasteiger charge is 2.32. The minimum absolute atomic E-state index is 0.107. The lowest BCUT2D eigenvalue weighted by Gasteiger charge is -2.14. The molecule has 0 bridgehead atoms. The molecule has 0 aromatic heterocycles. The number of hydrogen-bond acceptors (Lipinski definition) is 7. The summed E-state index contributed by atoms with van der Waals surface area (Å²) in [5.74, 6) is -1.29. The number of nitrogens with one attached hydrogen (secondary N) is 3. The van der Waals surface area contributed by atoms with Crippen molar-refractivity contribution in [2.45, 2.75) is 20.0 Å². The molecular formula is C17H22FN5O5. The highest BCUT2D eigenvalue weighted by atomic mass is 19.1. The number of cyclic esters (lactones) is 1. The summed E-state index contributed by atoms with van der Waals surface area (Å²) < 4.78 is 24.1. The summed E-state index contributed by atoms with van der Waals surface area (Å²) >= 11 is 0. The van der Waals surface area contributed by atoms with Gasteiger partial charge in [0, 0.05) is 6.92 Å². The van der Waals surface area contributed by atoms with Crippen molar-refractivity contribution in [3.63, 3.8) is 0 Å². The van der Waals surface area contributed by atoms with Crippen molar-refractivity contribution in [3.05, 3.63) is 24.0 Å². The Balaban J connectivity index is 1.88. The molecule has 11 heteroatoms. The van der Waals surface area contributed by atoms with E-state index in [2.05, 4.69) is 21.2 Å². The lowest BCUT2D eigenvalue weighted by molar-refractivity contribution is -0.142. The standard InChI is InChI=1S/C17H22FN5O5/c1-3-27-16(25)8-21-22-10-20-15-5-4-12(6-14(15)18)23-9-13(28-17(23)26)7-19-11(2)24/h4-6,10,13,21H,3,7-9H2,1-2H3,(H,19,24)(H,20,22)/t13-/m0/s1. The van der Waals surface area contributed by atoms with E-state index < -0.39 is 24.0 Å². The number of anilines is 2. The molecule has 28 heavy (non-hydrogen) atoms. The van der Waals surface area contributed by atoms with E-state index in [0.29, 0.717) is 5.69 Å². The Labute approximate surface area is 161 Å². The van der Waals surface area contributed by atoms with Crippen molar-refractivity contribution in [1.29, 1.82) is 0 Å². The van der Waals surface area contributed by atoms with Crippen LogP contribution in [-0.2, 0) is 19.1 Å². The second-order valence-electron chi connectivity index (χ2n) is 5.76. The first-order chi connectivity index (χ1) is 13.4. The SMILES string of the molecule is CCOC(=O)CN/N=C\Nc1ccc(N2C[C@H](CNC(C)=O)OC2=O)cc1F. The van der Waals surface area contributed by atoms with Gasteiger partial charge < -0.3 is 20.1 Å². The zero-order valence-corrected chi connectivity index (χ0v) is 15.5. The largest absolute Gasteiger partial charge is 0.465 e. The van der Waals surface area contributed by atoms with Crippen LogP contribution in [0.25, 0.3) is 0 Å². The third-order valence-corrected chi connectivity index (χ3v) is 3.62. The number of ether oxygens (including phenoxy) is 2. The summed E-state index contributed by atoms with van der Waals surface area (Å²) in [7, 11) is 0. The van der Waals surface area contributed by atoms with Crippen molar-refractivity contribution in [1.82, 2.24) is 10.7 Å². The number of hydrogen-bond donors (Lipinski definition) is 3. The fourth-order valence-electron chi connectivity index (χ4n) is 2.35. The van der Waals surface area contributed by atoms with E-state index in [9.17, 15) is 18.8 Å². The highest BCUT2D eigenvalue weighted by molar-refractivity contribution is 5.90. The number of hydrazone groups is 1. The van der Waals surface area contributed by atoms with E-state index in [0.717, 1.165) is 0 Å². The number of carbonyl (C=O) groups is 3. The molecule has 152 valence electrons. The number of esters is 1. The van der Waals surface area contributed by atoms with E-state index in [1.165, 1.54) is 30.3 Å². The zero-order chi connectivity index (χ0) is 20.5. The fraction of sp³-hybridized carbons (Fsp3) is 0.412. The van der Waals surface area contributed by atoms with Crippen molar-refractivity contribution in [2.75, 3.05) is 36.5 Å². The highest BCUT2D eigenvalue weighted by Crippen LogP contribution is 2.25. The van der Waals surface area contributed by atoms with Gasteiger partial charge in [-0.25, -0.2) is 9.18 Å². The second kappa shape index (κ2) is 10.1. The Bertz CT molecular complexity index is 757. The van der Waals surface area contributed by atoms with Gasteiger partial charge >= 0.3 is 12.1 Å². The Morgan fingerprint density at radius 3 is 2.93 bits per heavy atom. The Morgan fingerprint density at radius 2 is 2.25 bits per heavy atom. The molecule has 1 aromatic carbocycles. The van der Waals surface area contributed by atoms with Crippen molar-refractivity contribution in [3.8, 4) is 0 Å². The van der Waals surface area contributed by atoms with Crippen LogP contribution in [0.4, 0.5) is 20.6 Å². The molecule has 2 amide bonds. The quantitative estimate of drug-likeness (QED) is 0.245. The number of carbonyl (C=O) groups excluding carboxylic acids is 3. The van der Waals surface area contributed by atoms with Gasteiger partial charge in [-0.05, 0) is 25.1 Å². The van der Waals surface area contributed by atoms with Crippen molar-refractivity contribution < 1.29 is 28.2 Å². The zero-order valence-electron chi connectivity index (χ0n) is 15.5. The van der Waals surface area contributed by atoms with Gasteiger partial charge in [0.2, 0.25) is 5.91 Å². The predicted octanol–water partition coefficient (Wildman–Crippen LogP) is 0.795. The number of amides is 2. The number of benzene rings is 1. The summed E-state index contributed by atoms with van der Waals surface area (Å²) in [4.78, 5) is 35.3. The second-order valence-corrected chi connectivity index (χ2v) is 5.76. The number of nitrogens with zero attached hydrogens (tertiary/aromatic N) is 2. The van der Waals surface area contributed by atoms with Crippen LogP contribution in [0.2, 0.25) is 0 Å². The molecule has 1 aliphatic rings. The molecule has 1 aliphatic heterocycles. The van der Waals surface area contributed by atoms with Gasteiger partial charge in [-0.15, -0.1) is 0 Å². The Kier molecular flexibility index (Phi) is 7.55. The molecule has 1 aromatic rings. The third-order valence-electron chi connectivity index (χ3n) is 3.62. The molecule has 1 atom stereocenters. The van der Waals surface area contributed by atoms with Crippen LogP contribution < -0.4 is 21.0 Å². The maximum Gasteiger partial charge on any atom is 0.414 e. The molecule has 2 rings (SSSR count). The van der Waals surface area contributed by atoms with E-state index in [1.807, 2.05) is 0 Å². The minimum Gasteiger partial charge on any atom is -0.465 e. The summed E-state index contributed by atoms with van der Waals surface area (Å²) in [6.45, 7) is 3.62. The van der Waals surface area contributed by atoms with Gasteiger partial charge in [0.05, 0.1) is 31.1 Å².